The second-order valence-electron chi connectivity index (χ2n) is 6.41. The first-order valence-electron chi connectivity index (χ1n) is 8.85. The molecule has 0 amide bonds. The average molecular weight is 589 g/mol. The Hall–Kier alpha value is 0.0300. The maximum atomic E-state index is 6.97. The summed E-state index contributed by atoms with van der Waals surface area (Å²) in [6, 6.07) is 29.9. The summed E-state index contributed by atoms with van der Waals surface area (Å²) in [4.78, 5) is 0. The highest BCUT2D eigenvalue weighted by atomic mass is 35.9. The molecule has 13 heteroatoms. The van der Waals surface area contributed by atoms with Gasteiger partial charge in [0.25, 0.3) is 18.5 Å². The van der Waals surface area contributed by atoms with Crippen molar-refractivity contribution in [1.29, 1.82) is 0 Å². The van der Waals surface area contributed by atoms with Crippen LogP contribution in [0.5, 0.6) is 0 Å². The van der Waals surface area contributed by atoms with E-state index in [1.54, 1.807) is 0 Å². The molecule has 0 aliphatic carbocycles. The van der Waals surface area contributed by atoms with Gasteiger partial charge in [-0.3, -0.25) is 0 Å². The molecule has 0 spiro atoms. The minimum atomic E-state index is -3.35. The maximum Gasteiger partial charge on any atom is 0.282 e. The Kier molecular flexibility index (Phi) is 7.29. The summed E-state index contributed by atoms with van der Waals surface area (Å²) in [5.74, 6) is -6.43. The lowest BCUT2D eigenvalue weighted by Crippen LogP contribution is -2.25. The minimum Gasteiger partial charge on any atom is -0.216 e. The van der Waals surface area contributed by atoms with Gasteiger partial charge in [-0.2, -0.15) is 13.5 Å². The summed E-state index contributed by atoms with van der Waals surface area (Å²) in [5, 5.41) is 2.96. The van der Waals surface area contributed by atoms with E-state index in [2.05, 4.69) is 13.5 Å². The van der Waals surface area contributed by atoms with Crippen molar-refractivity contribution in [2.75, 3.05) is 0 Å². The van der Waals surface area contributed by atoms with Crippen LogP contribution in [0.2, 0.25) is 0 Å². The molecule has 31 heavy (non-hydrogen) atoms. The second kappa shape index (κ2) is 9.35. The number of benzene rings is 3. The molecule has 1 aliphatic rings. The summed E-state index contributed by atoms with van der Waals surface area (Å²) >= 11 is 32.4. The fourth-order valence-electron chi connectivity index (χ4n) is 3.20. The van der Waals surface area contributed by atoms with Gasteiger partial charge in [-0.05, 0) is 56.2 Å². The van der Waals surface area contributed by atoms with Gasteiger partial charge in [0.05, 0.1) is 7.05 Å². The molecule has 0 aromatic heterocycles. The molecule has 162 valence electrons. The molecule has 0 N–H and O–H groups in total. The molecule has 1 atom stereocenters. The number of nitrogens with zero attached hydrogens (tertiary/aromatic N) is 4. The zero-order chi connectivity index (χ0) is 22.2. The van der Waals surface area contributed by atoms with E-state index < -0.39 is 25.6 Å². The van der Waals surface area contributed by atoms with Crippen LogP contribution in [0.1, 0.15) is 0 Å². The molecule has 3 aromatic rings. The van der Waals surface area contributed by atoms with Gasteiger partial charge in [0, 0.05) is 15.9 Å². The molecule has 0 fully saturated rings. The van der Waals surface area contributed by atoms with Gasteiger partial charge in [0.1, 0.15) is 0 Å². The lowest BCUT2D eigenvalue weighted by atomic mass is 10.4. The Morgan fingerprint density at radius 3 is 1.23 bits per heavy atom. The first kappa shape index (κ1) is 24.2. The van der Waals surface area contributed by atoms with E-state index in [0.29, 0.717) is 0 Å². The van der Waals surface area contributed by atoms with Gasteiger partial charge in [-0.25, -0.2) is 4.52 Å². The summed E-state index contributed by atoms with van der Waals surface area (Å²) in [5.41, 5.74) is 0. The zero-order valence-corrected chi connectivity index (χ0v) is 23.0. The largest absolute Gasteiger partial charge is 0.282 e. The van der Waals surface area contributed by atoms with Crippen molar-refractivity contribution in [2.24, 2.45) is 18.1 Å². The predicted molar refractivity (Wildman–Crippen MR) is 145 cm³/mol. The predicted octanol–water partition coefficient (Wildman–Crippen LogP) is 10.2. The molecule has 3 aromatic carbocycles. The van der Waals surface area contributed by atoms with Crippen LogP contribution in [-0.2, 0) is 0 Å². The summed E-state index contributed by atoms with van der Waals surface area (Å²) < 4.78 is 18.1. The first-order valence-corrected chi connectivity index (χ1v) is 20.2. The molecule has 1 heterocycles. The topological polar surface area (TPSA) is 49.4 Å². The fourth-order valence-corrected chi connectivity index (χ4v) is 26.1. The summed E-state index contributed by atoms with van der Waals surface area (Å²) in [7, 11) is -2.69. The van der Waals surface area contributed by atoms with Crippen LogP contribution in [-0.4, -0.2) is 0 Å². The van der Waals surface area contributed by atoms with E-state index >= 15 is 0 Å². The van der Waals surface area contributed by atoms with E-state index in [1.165, 1.54) is 0 Å². The summed E-state index contributed by atoms with van der Waals surface area (Å²) in [6.07, 6.45) is 0. The van der Waals surface area contributed by atoms with Crippen LogP contribution in [0.3, 0.4) is 0 Å². The molecule has 0 saturated heterocycles. The molecule has 4 nitrogen and oxygen atoms in total. The lowest BCUT2D eigenvalue weighted by Gasteiger charge is -2.29. The Labute approximate surface area is 205 Å². The first-order chi connectivity index (χ1) is 14.6. The molecule has 1 aliphatic heterocycles. The van der Waals surface area contributed by atoms with Crippen molar-refractivity contribution < 1.29 is 0 Å². The minimum absolute atomic E-state index is 0.987. The van der Waals surface area contributed by atoms with Crippen LogP contribution in [0.25, 0.3) is 0 Å². The van der Waals surface area contributed by atoms with Crippen molar-refractivity contribution in [1.82, 2.24) is 0 Å². The van der Waals surface area contributed by atoms with Gasteiger partial charge in [0.2, 0.25) is 0 Å². The zero-order valence-electron chi connectivity index (χ0n) is 15.6. The third-order valence-electron chi connectivity index (χ3n) is 4.30. The highest BCUT2D eigenvalue weighted by molar-refractivity contribution is 8.23. The van der Waals surface area contributed by atoms with E-state index in [0.717, 1.165) is 15.9 Å². The Morgan fingerprint density at radius 2 is 0.871 bits per heavy atom. The number of hydrogen-bond donors (Lipinski definition) is 0. The monoisotopic (exact) mass is 586 g/mol. The van der Waals surface area contributed by atoms with Crippen LogP contribution in [0, 0.1) is 0 Å². The van der Waals surface area contributed by atoms with Gasteiger partial charge >= 0.3 is 0 Å². The number of hydrogen-bond acceptors (Lipinski definition) is 4. The normalized spacial score (nSPS) is 21.8. The van der Waals surface area contributed by atoms with Crippen molar-refractivity contribution in [3.05, 3.63) is 91.0 Å². The average Bonchev–Trinajstić information content (AvgIpc) is 2.71. The van der Waals surface area contributed by atoms with Gasteiger partial charge in [0.15, 0.2) is 0 Å². The highest BCUT2D eigenvalue weighted by Crippen LogP contribution is 2.88. The molecule has 1 unspecified atom stereocenters. The Balaban J connectivity index is 2.21. The maximum absolute atomic E-state index is 6.97. The third kappa shape index (κ3) is 5.41. The molecular weight excluding hydrogens is 573 g/mol. The molecule has 0 bridgehead atoms. The van der Waals surface area contributed by atoms with Crippen molar-refractivity contribution in [3.8, 4) is 0 Å². The Bertz CT molecular complexity index is 1210. The van der Waals surface area contributed by atoms with E-state index in [4.69, 9.17) is 60.7 Å². The standard InChI is InChI=1S/C18H15Cl5N4P4/c19-29(20)25-30(21,22)27-31(23,26-29)24-28(16-10-4-1-5-11-16,17-12-6-2-7-13-17)18-14-8-3-9-15-18/h1-15H. The SMILES string of the molecule is ClP1(Cl)=NP(Cl)(Cl)=NP(Cl)(N=P(c2ccccc2)(c2ccccc2)c2ccccc2)=N1. The lowest BCUT2D eigenvalue weighted by molar-refractivity contribution is 1.68. The van der Waals surface area contributed by atoms with Crippen LogP contribution >= 0.6 is 81.8 Å². The van der Waals surface area contributed by atoms with Crippen LogP contribution in [0.15, 0.2) is 109 Å². The quantitative estimate of drug-likeness (QED) is 0.273. The van der Waals surface area contributed by atoms with Crippen LogP contribution in [0.4, 0.5) is 0 Å². The van der Waals surface area contributed by atoms with E-state index in [9.17, 15) is 0 Å². The smallest absolute Gasteiger partial charge is 0.216 e. The van der Waals surface area contributed by atoms with Crippen LogP contribution < -0.4 is 15.9 Å². The summed E-state index contributed by atoms with van der Waals surface area (Å²) in [6.45, 7) is -3.35. The van der Waals surface area contributed by atoms with Crippen molar-refractivity contribution in [2.45, 2.75) is 0 Å². The second-order valence-corrected chi connectivity index (χ2v) is 23.0. The molecule has 0 radical (unpaired) electrons. The molecule has 4 rings (SSSR count). The Morgan fingerprint density at radius 1 is 0.516 bits per heavy atom. The van der Waals surface area contributed by atoms with Gasteiger partial charge in [-0.1, -0.05) is 91.0 Å². The van der Waals surface area contributed by atoms with E-state index in [1.807, 2.05) is 91.0 Å². The molecule has 0 saturated carbocycles. The highest BCUT2D eigenvalue weighted by Gasteiger charge is 2.36. The number of rotatable bonds is 4. The van der Waals surface area contributed by atoms with Gasteiger partial charge < -0.3 is 0 Å². The van der Waals surface area contributed by atoms with Gasteiger partial charge in [-0.15, -0.1) is 0 Å². The van der Waals surface area contributed by atoms with Crippen molar-refractivity contribution >= 4 is 97.7 Å². The number of halogens is 5. The van der Waals surface area contributed by atoms with E-state index in [-0.39, 0.29) is 0 Å². The van der Waals surface area contributed by atoms with Crippen molar-refractivity contribution in [3.63, 3.8) is 0 Å². The third-order valence-corrected chi connectivity index (χ3v) is 21.4. The molecular formula is C18H15Cl5N4P4. The fraction of sp³-hybridized carbons (Fsp3) is 0.